The van der Waals surface area contributed by atoms with Gasteiger partial charge in [0.05, 0.1) is 24.8 Å². The smallest absolute Gasteiger partial charge is 0.270 e. The summed E-state index contributed by atoms with van der Waals surface area (Å²) in [6.45, 7) is 0. The van der Waals surface area contributed by atoms with Crippen LogP contribution in [-0.4, -0.2) is 25.1 Å². The van der Waals surface area contributed by atoms with Gasteiger partial charge >= 0.3 is 0 Å². The van der Waals surface area contributed by atoms with Crippen molar-refractivity contribution in [3.05, 3.63) is 62.5 Å². The number of amides is 1. The van der Waals surface area contributed by atoms with Crippen molar-refractivity contribution in [2.75, 3.05) is 14.2 Å². The number of nitrogens with one attached hydrogen (secondary N) is 2. The zero-order chi connectivity index (χ0) is 18.0. The van der Waals surface area contributed by atoms with Crippen LogP contribution in [0.25, 0.3) is 11.8 Å². The van der Waals surface area contributed by atoms with E-state index < -0.39 is 4.92 Å². The summed E-state index contributed by atoms with van der Waals surface area (Å²) in [6, 6.07) is 9.53. The molecule has 0 unspecified atom stereocenters. The van der Waals surface area contributed by atoms with Crippen molar-refractivity contribution in [3.8, 4) is 11.5 Å². The van der Waals surface area contributed by atoms with Crippen LogP contribution < -0.4 is 30.8 Å². The van der Waals surface area contributed by atoms with Crippen LogP contribution in [0.3, 0.4) is 0 Å². The lowest BCUT2D eigenvalue weighted by molar-refractivity contribution is -0.384. The lowest BCUT2D eigenvalue weighted by Gasteiger charge is -2.12. The van der Waals surface area contributed by atoms with Gasteiger partial charge in [0, 0.05) is 29.0 Å². The van der Waals surface area contributed by atoms with Crippen molar-refractivity contribution in [1.29, 1.82) is 0 Å². The molecule has 128 valence electrons. The summed E-state index contributed by atoms with van der Waals surface area (Å²) in [4.78, 5) is 22.5. The third-order valence-corrected chi connectivity index (χ3v) is 3.77. The Morgan fingerprint density at radius 2 is 1.76 bits per heavy atom. The molecule has 0 fully saturated rings. The van der Waals surface area contributed by atoms with Crippen molar-refractivity contribution < 1.29 is 19.2 Å². The quantitative estimate of drug-likeness (QED) is 0.608. The maximum atomic E-state index is 11.9. The number of benzene rings is 2. The van der Waals surface area contributed by atoms with E-state index in [0.29, 0.717) is 33.2 Å². The fourth-order valence-electron chi connectivity index (χ4n) is 2.60. The SMILES string of the molecule is COc1cc2c(cc1OC)=C(c1cccc([N+](=O)[O-])c1)NNC(=O)C=2. The van der Waals surface area contributed by atoms with Gasteiger partial charge in [-0.05, 0) is 17.4 Å². The summed E-state index contributed by atoms with van der Waals surface area (Å²) in [7, 11) is 3.01. The Bertz CT molecular complexity index is 984. The standard InChI is InChI=1S/C17H15N3O5/c1-24-14-7-11-8-16(21)18-19-17(13(11)9-15(14)25-2)10-4-3-5-12(6-10)20(22)23/h3-9,19H,1-2H3,(H,18,21). The molecule has 0 spiro atoms. The van der Waals surface area contributed by atoms with Crippen LogP contribution in [0.15, 0.2) is 36.4 Å². The van der Waals surface area contributed by atoms with E-state index in [1.54, 1.807) is 24.3 Å². The first-order valence-electron chi connectivity index (χ1n) is 7.32. The van der Waals surface area contributed by atoms with Gasteiger partial charge in [-0.3, -0.25) is 25.8 Å². The average Bonchev–Trinajstić information content (AvgIpc) is 2.78. The molecule has 8 nitrogen and oxygen atoms in total. The fourth-order valence-corrected chi connectivity index (χ4v) is 2.60. The monoisotopic (exact) mass is 341 g/mol. The number of carbonyl (C=O) groups is 1. The predicted molar refractivity (Wildman–Crippen MR) is 90.1 cm³/mol. The van der Waals surface area contributed by atoms with Crippen LogP contribution >= 0.6 is 0 Å². The van der Waals surface area contributed by atoms with Crippen molar-refractivity contribution in [2.24, 2.45) is 0 Å². The van der Waals surface area contributed by atoms with Gasteiger partial charge in [-0.1, -0.05) is 12.1 Å². The highest BCUT2D eigenvalue weighted by Gasteiger charge is 2.15. The minimum absolute atomic E-state index is 0.0478. The van der Waals surface area contributed by atoms with E-state index in [-0.39, 0.29) is 11.6 Å². The zero-order valence-electron chi connectivity index (χ0n) is 13.5. The van der Waals surface area contributed by atoms with Gasteiger partial charge in [0.15, 0.2) is 11.5 Å². The molecule has 1 aliphatic rings. The Morgan fingerprint density at radius 1 is 1.04 bits per heavy atom. The number of rotatable bonds is 4. The second-order valence-electron chi connectivity index (χ2n) is 5.24. The van der Waals surface area contributed by atoms with Crippen LogP contribution in [0.4, 0.5) is 5.69 Å². The number of methoxy groups -OCH3 is 2. The van der Waals surface area contributed by atoms with Gasteiger partial charge in [0.25, 0.3) is 11.6 Å². The summed E-state index contributed by atoms with van der Waals surface area (Å²) in [6.07, 6.45) is 1.41. The maximum Gasteiger partial charge on any atom is 0.270 e. The van der Waals surface area contributed by atoms with Gasteiger partial charge < -0.3 is 9.47 Å². The average molecular weight is 341 g/mol. The third kappa shape index (κ3) is 3.09. The van der Waals surface area contributed by atoms with Gasteiger partial charge in [-0.15, -0.1) is 0 Å². The predicted octanol–water partition coefficient (Wildman–Crippen LogP) is 0.183. The van der Waals surface area contributed by atoms with Crippen LogP contribution in [0.1, 0.15) is 5.56 Å². The number of nitro groups is 1. The third-order valence-electron chi connectivity index (χ3n) is 3.77. The largest absolute Gasteiger partial charge is 0.493 e. The Morgan fingerprint density at radius 3 is 2.44 bits per heavy atom. The molecule has 1 amide bonds. The fraction of sp³-hybridized carbons (Fsp3) is 0.118. The molecular formula is C17H15N3O5. The summed E-state index contributed by atoms with van der Waals surface area (Å²) in [5.74, 6) is 0.605. The molecule has 2 aromatic rings. The zero-order valence-corrected chi connectivity index (χ0v) is 13.5. The first kappa shape index (κ1) is 16.3. The van der Waals surface area contributed by atoms with E-state index in [1.165, 1.54) is 32.4 Å². The number of nitro benzene ring substituents is 1. The minimum Gasteiger partial charge on any atom is -0.493 e. The number of nitrogens with zero attached hydrogens (tertiary/aromatic N) is 1. The maximum absolute atomic E-state index is 11.9. The number of hydrogen-bond donors (Lipinski definition) is 2. The highest BCUT2D eigenvalue weighted by Crippen LogP contribution is 2.23. The number of hydrogen-bond acceptors (Lipinski definition) is 6. The van der Waals surface area contributed by atoms with Crippen molar-refractivity contribution in [2.45, 2.75) is 0 Å². The number of carbonyl (C=O) groups excluding carboxylic acids is 1. The molecule has 0 saturated heterocycles. The summed E-state index contributed by atoms with van der Waals surface area (Å²) in [5, 5.41) is 12.3. The van der Waals surface area contributed by atoms with E-state index >= 15 is 0 Å². The Kier molecular flexibility index (Phi) is 4.25. The second-order valence-corrected chi connectivity index (χ2v) is 5.24. The highest BCUT2D eigenvalue weighted by atomic mass is 16.6. The van der Waals surface area contributed by atoms with Gasteiger partial charge in [-0.25, -0.2) is 0 Å². The molecule has 1 aliphatic heterocycles. The van der Waals surface area contributed by atoms with Crippen molar-refractivity contribution >= 4 is 23.4 Å². The molecule has 3 rings (SSSR count). The molecule has 2 aromatic carbocycles. The molecule has 2 N–H and O–H groups in total. The molecule has 8 heteroatoms. The van der Waals surface area contributed by atoms with Crippen molar-refractivity contribution in [1.82, 2.24) is 10.9 Å². The number of ether oxygens (including phenoxy) is 2. The Balaban J connectivity index is 2.35. The van der Waals surface area contributed by atoms with E-state index in [9.17, 15) is 14.9 Å². The molecule has 0 saturated carbocycles. The van der Waals surface area contributed by atoms with Gasteiger partial charge in [0.2, 0.25) is 0 Å². The van der Waals surface area contributed by atoms with E-state index in [2.05, 4.69) is 10.9 Å². The summed E-state index contributed by atoms with van der Waals surface area (Å²) < 4.78 is 10.6. The molecule has 0 aromatic heterocycles. The first-order valence-corrected chi connectivity index (χ1v) is 7.32. The Labute approximate surface area is 142 Å². The van der Waals surface area contributed by atoms with Crippen LogP contribution in [0.2, 0.25) is 0 Å². The normalized spacial score (nSPS) is 12.9. The van der Waals surface area contributed by atoms with Gasteiger partial charge in [0.1, 0.15) is 0 Å². The number of hydrazine groups is 1. The van der Waals surface area contributed by atoms with Gasteiger partial charge in [-0.2, -0.15) is 0 Å². The van der Waals surface area contributed by atoms with E-state index in [4.69, 9.17) is 9.47 Å². The van der Waals surface area contributed by atoms with Crippen LogP contribution in [0, 0.1) is 10.1 Å². The number of non-ortho nitro benzene ring substituents is 1. The highest BCUT2D eigenvalue weighted by molar-refractivity contribution is 6.05. The number of fused-ring (bicyclic) bond motifs is 1. The summed E-state index contributed by atoms with van der Waals surface area (Å²) >= 11 is 0. The molecular weight excluding hydrogens is 326 g/mol. The Hall–Kier alpha value is -3.55. The minimum atomic E-state index is -0.471. The molecule has 0 aliphatic carbocycles. The molecule has 0 radical (unpaired) electrons. The second kappa shape index (κ2) is 6.52. The molecule has 25 heavy (non-hydrogen) atoms. The summed E-state index contributed by atoms with van der Waals surface area (Å²) in [5.41, 5.74) is 6.38. The van der Waals surface area contributed by atoms with Crippen LogP contribution in [0.5, 0.6) is 11.5 Å². The topological polar surface area (TPSA) is 103 Å². The van der Waals surface area contributed by atoms with Crippen molar-refractivity contribution in [3.63, 3.8) is 0 Å². The lowest BCUT2D eigenvalue weighted by Crippen LogP contribution is -2.36. The molecule has 0 atom stereocenters. The molecule has 1 heterocycles. The molecule has 0 bridgehead atoms. The van der Waals surface area contributed by atoms with E-state index in [1.807, 2.05) is 0 Å². The lowest BCUT2D eigenvalue weighted by atomic mass is 10.1. The first-order chi connectivity index (χ1) is 12.0. The van der Waals surface area contributed by atoms with E-state index in [0.717, 1.165) is 0 Å². The van der Waals surface area contributed by atoms with Crippen LogP contribution in [-0.2, 0) is 4.79 Å².